The lowest BCUT2D eigenvalue weighted by Crippen LogP contribution is -2.48. The van der Waals surface area contributed by atoms with E-state index in [4.69, 9.17) is 4.74 Å². The summed E-state index contributed by atoms with van der Waals surface area (Å²) in [6.07, 6.45) is 4.64. The van der Waals surface area contributed by atoms with Crippen molar-refractivity contribution in [2.24, 2.45) is 0 Å². The fourth-order valence-electron chi connectivity index (χ4n) is 6.28. The standard InChI is InChI=1S/C32H40F2N2O4/c1-30(2)17-32(34,18-35-30)28(37)36-21-12-13-22(16-21)40-26-14-11-20(31(3,4)29(38)39)15-24(26)23-9-6-10-25(33)27(23)19-7-5-8-19/h6,9-11,14-15,19,21-22,35H,5,7-8,12-13,16-18H2,1-4H3,(H,36,37)(H,38,39)/t21-,22-,32-/m1/s1. The van der Waals surface area contributed by atoms with Gasteiger partial charge in [-0.1, -0.05) is 24.6 Å². The van der Waals surface area contributed by atoms with Crippen molar-refractivity contribution in [1.29, 1.82) is 0 Å². The van der Waals surface area contributed by atoms with Gasteiger partial charge in [0.1, 0.15) is 17.7 Å². The summed E-state index contributed by atoms with van der Waals surface area (Å²) in [5, 5.41) is 15.8. The van der Waals surface area contributed by atoms with Gasteiger partial charge in [0.2, 0.25) is 5.67 Å². The van der Waals surface area contributed by atoms with Gasteiger partial charge in [0.05, 0.1) is 5.41 Å². The average Bonchev–Trinajstić information content (AvgIpc) is 3.42. The first kappa shape index (κ1) is 28.5. The lowest BCUT2D eigenvalue weighted by molar-refractivity contribution is -0.142. The van der Waals surface area contributed by atoms with Crippen molar-refractivity contribution in [2.45, 2.75) is 107 Å². The summed E-state index contributed by atoms with van der Waals surface area (Å²) >= 11 is 0. The second-order valence-corrected chi connectivity index (χ2v) is 13.1. The molecule has 2 saturated carbocycles. The summed E-state index contributed by atoms with van der Waals surface area (Å²) in [7, 11) is 0. The average molecular weight is 555 g/mol. The highest BCUT2D eigenvalue weighted by molar-refractivity contribution is 5.86. The number of ether oxygens (including phenoxy) is 1. The molecule has 0 aromatic heterocycles. The summed E-state index contributed by atoms with van der Waals surface area (Å²) in [6.45, 7) is 7.07. The van der Waals surface area contributed by atoms with Crippen molar-refractivity contribution < 1.29 is 28.2 Å². The number of aliphatic carboxylic acids is 1. The molecule has 0 bridgehead atoms. The zero-order valence-electron chi connectivity index (χ0n) is 23.8. The maximum absolute atomic E-state index is 15.3. The van der Waals surface area contributed by atoms with E-state index >= 15 is 8.78 Å². The Bertz CT molecular complexity index is 1310. The Morgan fingerprint density at radius 1 is 1.10 bits per heavy atom. The van der Waals surface area contributed by atoms with Crippen LogP contribution in [0.2, 0.25) is 0 Å². The van der Waals surface area contributed by atoms with Crippen molar-refractivity contribution in [3.05, 3.63) is 53.3 Å². The predicted octanol–water partition coefficient (Wildman–Crippen LogP) is 6.02. The quantitative estimate of drug-likeness (QED) is 0.372. The van der Waals surface area contributed by atoms with Gasteiger partial charge in [-0.2, -0.15) is 0 Å². The number of benzene rings is 2. The third kappa shape index (κ3) is 5.47. The minimum Gasteiger partial charge on any atom is -0.490 e. The van der Waals surface area contributed by atoms with E-state index < -0.39 is 28.5 Å². The van der Waals surface area contributed by atoms with Crippen LogP contribution in [0.15, 0.2) is 36.4 Å². The fraction of sp³-hybridized carbons (Fsp3) is 0.562. The summed E-state index contributed by atoms with van der Waals surface area (Å²) in [5.41, 5.74) is -0.862. The van der Waals surface area contributed by atoms with E-state index in [1.165, 1.54) is 6.07 Å². The number of amides is 1. The van der Waals surface area contributed by atoms with Gasteiger partial charge in [-0.05, 0) is 94.2 Å². The Hall–Kier alpha value is -3.00. The molecular formula is C32H40F2N2O4. The van der Waals surface area contributed by atoms with E-state index in [0.29, 0.717) is 41.7 Å². The van der Waals surface area contributed by atoms with Gasteiger partial charge in [0.25, 0.3) is 5.91 Å². The van der Waals surface area contributed by atoms with Gasteiger partial charge < -0.3 is 20.5 Å². The van der Waals surface area contributed by atoms with Gasteiger partial charge in [-0.3, -0.25) is 9.59 Å². The molecule has 2 aliphatic carbocycles. The van der Waals surface area contributed by atoms with Gasteiger partial charge in [0.15, 0.2) is 0 Å². The molecule has 5 rings (SSSR count). The summed E-state index contributed by atoms with van der Waals surface area (Å²) in [4.78, 5) is 24.9. The molecular weight excluding hydrogens is 514 g/mol. The van der Waals surface area contributed by atoms with E-state index in [9.17, 15) is 14.7 Å². The molecule has 1 saturated heterocycles. The van der Waals surface area contributed by atoms with E-state index in [-0.39, 0.29) is 36.8 Å². The molecule has 3 aliphatic rings. The van der Waals surface area contributed by atoms with Crippen molar-refractivity contribution in [2.75, 3.05) is 6.54 Å². The smallest absolute Gasteiger partial charge is 0.313 e. The second-order valence-electron chi connectivity index (χ2n) is 13.1. The van der Waals surface area contributed by atoms with Crippen molar-refractivity contribution in [1.82, 2.24) is 10.6 Å². The van der Waals surface area contributed by atoms with Crippen molar-refractivity contribution >= 4 is 11.9 Å². The molecule has 0 radical (unpaired) electrons. The predicted molar refractivity (Wildman–Crippen MR) is 150 cm³/mol. The highest BCUT2D eigenvalue weighted by Gasteiger charge is 2.49. The van der Waals surface area contributed by atoms with E-state index in [0.717, 1.165) is 24.8 Å². The maximum atomic E-state index is 15.3. The number of carbonyl (C=O) groups is 2. The number of carboxylic acids is 1. The number of alkyl halides is 1. The number of nitrogens with one attached hydrogen (secondary N) is 2. The number of halogens is 2. The van der Waals surface area contributed by atoms with Crippen LogP contribution in [-0.2, 0) is 15.0 Å². The Balaban J connectivity index is 1.39. The molecule has 8 heteroatoms. The third-order valence-electron chi connectivity index (χ3n) is 9.08. The normalized spacial score (nSPS) is 26.4. The molecule has 1 aliphatic heterocycles. The van der Waals surface area contributed by atoms with Crippen LogP contribution < -0.4 is 15.4 Å². The number of hydrogen-bond acceptors (Lipinski definition) is 4. The van der Waals surface area contributed by atoms with Crippen LogP contribution in [0.1, 0.15) is 89.7 Å². The largest absolute Gasteiger partial charge is 0.490 e. The molecule has 40 heavy (non-hydrogen) atoms. The van der Waals surface area contributed by atoms with Gasteiger partial charge in [0, 0.05) is 36.5 Å². The van der Waals surface area contributed by atoms with Crippen LogP contribution in [0.3, 0.4) is 0 Å². The summed E-state index contributed by atoms with van der Waals surface area (Å²) < 4.78 is 37.0. The fourth-order valence-corrected chi connectivity index (χ4v) is 6.28. The molecule has 1 amide bonds. The summed E-state index contributed by atoms with van der Waals surface area (Å²) in [5.74, 6) is -1.12. The van der Waals surface area contributed by atoms with Gasteiger partial charge >= 0.3 is 5.97 Å². The van der Waals surface area contributed by atoms with E-state index in [1.54, 1.807) is 32.0 Å². The minimum absolute atomic E-state index is 0.00214. The molecule has 6 nitrogen and oxygen atoms in total. The molecule has 0 unspecified atom stereocenters. The second kappa shape index (κ2) is 10.4. The SMILES string of the molecule is CC1(C)C[C@](F)(C(=O)N[C@@H]2CC[C@@H](Oc3ccc(C(C)(C)C(=O)O)cc3-c3cccc(F)c3C3CCC3)C2)CN1. The molecule has 1 heterocycles. The number of carboxylic acid groups (broad SMARTS) is 1. The monoisotopic (exact) mass is 554 g/mol. The van der Waals surface area contributed by atoms with Crippen LogP contribution in [0.5, 0.6) is 5.75 Å². The molecule has 0 spiro atoms. The van der Waals surface area contributed by atoms with Gasteiger partial charge in [-0.25, -0.2) is 8.78 Å². The highest BCUT2D eigenvalue weighted by Crippen LogP contribution is 2.46. The molecule has 3 atom stereocenters. The Morgan fingerprint density at radius 3 is 2.48 bits per heavy atom. The molecule has 216 valence electrons. The van der Waals surface area contributed by atoms with E-state index in [2.05, 4.69) is 10.6 Å². The third-order valence-corrected chi connectivity index (χ3v) is 9.08. The number of rotatable bonds is 8. The first-order valence-electron chi connectivity index (χ1n) is 14.4. The Kier molecular flexibility index (Phi) is 7.44. The van der Waals surface area contributed by atoms with Crippen LogP contribution >= 0.6 is 0 Å². The molecule has 3 N–H and O–H groups in total. The van der Waals surface area contributed by atoms with E-state index in [1.807, 2.05) is 26.0 Å². The lowest BCUT2D eigenvalue weighted by Gasteiger charge is -2.30. The molecule has 2 aromatic rings. The first-order valence-corrected chi connectivity index (χ1v) is 14.4. The first-order chi connectivity index (χ1) is 18.8. The topological polar surface area (TPSA) is 87.7 Å². The zero-order chi connectivity index (χ0) is 28.9. The molecule has 2 aromatic carbocycles. The summed E-state index contributed by atoms with van der Waals surface area (Å²) in [6, 6.07) is 10.2. The van der Waals surface area contributed by atoms with Gasteiger partial charge in [-0.15, -0.1) is 0 Å². The van der Waals surface area contributed by atoms with Crippen molar-refractivity contribution in [3.63, 3.8) is 0 Å². The Morgan fingerprint density at radius 2 is 1.85 bits per heavy atom. The van der Waals surface area contributed by atoms with Crippen LogP contribution in [0.4, 0.5) is 8.78 Å². The molecule has 3 fully saturated rings. The maximum Gasteiger partial charge on any atom is 0.313 e. The Labute approximate surface area is 234 Å². The number of carbonyl (C=O) groups excluding carboxylic acids is 1. The highest BCUT2D eigenvalue weighted by atomic mass is 19.1. The van der Waals surface area contributed by atoms with Crippen LogP contribution in [0.25, 0.3) is 11.1 Å². The lowest BCUT2D eigenvalue weighted by atomic mass is 9.76. The van der Waals surface area contributed by atoms with Crippen LogP contribution in [-0.4, -0.2) is 46.9 Å². The zero-order valence-corrected chi connectivity index (χ0v) is 23.8. The number of hydrogen-bond donors (Lipinski definition) is 3. The van der Waals surface area contributed by atoms with Crippen molar-refractivity contribution in [3.8, 4) is 16.9 Å². The van der Waals surface area contributed by atoms with Crippen LogP contribution in [0, 0.1) is 5.82 Å². The minimum atomic E-state index is -1.93.